The van der Waals surface area contributed by atoms with E-state index in [1.165, 1.54) is 23.1 Å². The van der Waals surface area contributed by atoms with Gasteiger partial charge < -0.3 is 10.2 Å². The fourth-order valence-corrected chi connectivity index (χ4v) is 2.93. The summed E-state index contributed by atoms with van der Waals surface area (Å²) >= 11 is 0. The third-order valence-corrected chi connectivity index (χ3v) is 4.07. The minimum Gasteiger partial charge on any atom is -0.337 e. The van der Waals surface area contributed by atoms with E-state index >= 15 is 0 Å². The van der Waals surface area contributed by atoms with Crippen molar-refractivity contribution in [1.29, 1.82) is 0 Å². The zero-order valence-electron chi connectivity index (χ0n) is 13.5. The third-order valence-electron chi connectivity index (χ3n) is 4.07. The second-order valence-corrected chi connectivity index (χ2v) is 5.81. The molecule has 1 fully saturated rings. The molecule has 1 amide bonds. The number of hydrogen-bond acceptors (Lipinski definition) is 4. The lowest BCUT2D eigenvalue weighted by Gasteiger charge is -2.32. The summed E-state index contributed by atoms with van der Waals surface area (Å²) in [4.78, 5) is 15.8. The van der Waals surface area contributed by atoms with Crippen LogP contribution in [0.5, 0.6) is 0 Å². The molecule has 24 heavy (non-hydrogen) atoms. The molecule has 0 aliphatic carbocycles. The lowest BCUT2D eigenvalue weighted by molar-refractivity contribution is 0.0668. The molecule has 1 aliphatic rings. The Kier molecular flexibility index (Phi) is 6.28. The van der Waals surface area contributed by atoms with Gasteiger partial charge in [-0.25, -0.2) is 4.39 Å². The van der Waals surface area contributed by atoms with Crippen LogP contribution in [0.15, 0.2) is 30.5 Å². The number of likely N-dealkylation sites (tertiary alicyclic amines) is 1. The molecule has 1 N–H and O–H groups in total. The molecule has 1 saturated heterocycles. The Morgan fingerprint density at radius 1 is 1.38 bits per heavy atom. The molecule has 1 aliphatic heterocycles. The van der Waals surface area contributed by atoms with Crippen LogP contribution in [0, 0.1) is 11.7 Å². The number of aromatic nitrogens is 3. The van der Waals surface area contributed by atoms with Crippen molar-refractivity contribution in [3.05, 3.63) is 42.0 Å². The van der Waals surface area contributed by atoms with Gasteiger partial charge in [-0.3, -0.25) is 4.79 Å². The standard InChI is InChI=1S/C16H20FN5O.ClH/c1-18-9-12-3-2-8-21(11-12)16(23)15-10-19-22(20-15)14-6-4-13(17)5-7-14;/h4-7,10,12,18H,2-3,8-9,11H2,1H3;1H. The highest BCUT2D eigenvalue weighted by molar-refractivity contribution is 5.92. The highest BCUT2D eigenvalue weighted by Gasteiger charge is 2.25. The summed E-state index contributed by atoms with van der Waals surface area (Å²) in [6, 6.07) is 5.83. The molecule has 8 heteroatoms. The second-order valence-electron chi connectivity index (χ2n) is 5.81. The molecule has 130 valence electrons. The van der Waals surface area contributed by atoms with Crippen molar-refractivity contribution in [2.45, 2.75) is 12.8 Å². The number of hydrogen-bond donors (Lipinski definition) is 1. The van der Waals surface area contributed by atoms with Crippen LogP contribution in [0.2, 0.25) is 0 Å². The van der Waals surface area contributed by atoms with E-state index in [2.05, 4.69) is 15.5 Å². The van der Waals surface area contributed by atoms with Crippen molar-refractivity contribution in [3.8, 4) is 5.69 Å². The quantitative estimate of drug-likeness (QED) is 0.912. The molecule has 0 bridgehead atoms. The maximum atomic E-state index is 13.0. The molecule has 2 heterocycles. The Morgan fingerprint density at radius 2 is 2.12 bits per heavy atom. The molecular weight excluding hydrogens is 333 g/mol. The van der Waals surface area contributed by atoms with Gasteiger partial charge in [0.15, 0.2) is 5.69 Å². The average molecular weight is 354 g/mol. The Hall–Kier alpha value is -1.99. The molecule has 0 radical (unpaired) electrons. The number of nitrogens with zero attached hydrogens (tertiary/aromatic N) is 4. The van der Waals surface area contributed by atoms with Crippen LogP contribution in [-0.4, -0.2) is 52.5 Å². The molecule has 1 aromatic heterocycles. The van der Waals surface area contributed by atoms with E-state index in [1.807, 2.05) is 11.9 Å². The Labute approximate surface area is 146 Å². The smallest absolute Gasteiger partial charge is 0.276 e. The molecule has 0 spiro atoms. The van der Waals surface area contributed by atoms with Crippen molar-refractivity contribution in [1.82, 2.24) is 25.2 Å². The summed E-state index contributed by atoms with van der Waals surface area (Å²) in [6.07, 6.45) is 3.60. The molecule has 3 rings (SSSR count). The van der Waals surface area contributed by atoms with Crippen LogP contribution < -0.4 is 5.32 Å². The van der Waals surface area contributed by atoms with E-state index in [-0.39, 0.29) is 24.1 Å². The fourth-order valence-electron chi connectivity index (χ4n) is 2.93. The van der Waals surface area contributed by atoms with Crippen molar-refractivity contribution < 1.29 is 9.18 Å². The van der Waals surface area contributed by atoms with Crippen LogP contribution in [0.3, 0.4) is 0 Å². The Balaban J connectivity index is 0.00000208. The molecule has 2 aromatic rings. The van der Waals surface area contributed by atoms with Crippen molar-refractivity contribution >= 4 is 18.3 Å². The second kappa shape index (κ2) is 8.21. The topological polar surface area (TPSA) is 63.1 Å². The number of halogens is 2. The highest BCUT2D eigenvalue weighted by atomic mass is 35.5. The van der Waals surface area contributed by atoms with Gasteiger partial charge in [-0.05, 0) is 56.6 Å². The van der Waals surface area contributed by atoms with Crippen LogP contribution in [0.1, 0.15) is 23.3 Å². The van der Waals surface area contributed by atoms with Gasteiger partial charge in [0.2, 0.25) is 0 Å². The first-order valence-corrected chi connectivity index (χ1v) is 7.79. The summed E-state index contributed by atoms with van der Waals surface area (Å²) in [5, 5.41) is 11.5. The summed E-state index contributed by atoms with van der Waals surface area (Å²) in [6.45, 7) is 2.40. The summed E-state index contributed by atoms with van der Waals surface area (Å²) in [5.74, 6) is 0.0603. The van der Waals surface area contributed by atoms with Gasteiger partial charge in [-0.2, -0.15) is 9.90 Å². The van der Waals surface area contributed by atoms with Gasteiger partial charge in [0, 0.05) is 13.1 Å². The van der Waals surface area contributed by atoms with Crippen LogP contribution in [0.25, 0.3) is 5.69 Å². The zero-order valence-corrected chi connectivity index (χ0v) is 14.3. The van der Waals surface area contributed by atoms with Gasteiger partial charge in [-0.1, -0.05) is 0 Å². The first-order valence-electron chi connectivity index (χ1n) is 7.79. The largest absolute Gasteiger partial charge is 0.337 e. The average Bonchev–Trinajstić information content (AvgIpc) is 3.05. The Bertz CT molecular complexity index is 673. The van der Waals surface area contributed by atoms with E-state index in [4.69, 9.17) is 0 Å². The maximum absolute atomic E-state index is 13.0. The van der Waals surface area contributed by atoms with Gasteiger partial charge in [0.1, 0.15) is 5.82 Å². The number of benzene rings is 1. The highest BCUT2D eigenvalue weighted by Crippen LogP contribution is 2.17. The molecule has 1 atom stereocenters. The minimum absolute atomic E-state index is 0. The first kappa shape index (κ1) is 18.4. The van der Waals surface area contributed by atoms with Crippen LogP contribution >= 0.6 is 12.4 Å². The van der Waals surface area contributed by atoms with Gasteiger partial charge in [0.05, 0.1) is 11.9 Å². The summed E-state index contributed by atoms with van der Waals surface area (Å²) in [7, 11) is 1.93. The first-order chi connectivity index (χ1) is 11.2. The van der Waals surface area contributed by atoms with Crippen LogP contribution in [-0.2, 0) is 0 Å². The van der Waals surface area contributed by atoms with Gasteiger partial charge in [-0.15, -0.1) is 17.5 Å². The van der Waals surface area contributed by atoms with Crippen molar-refractivity contribution in [2.75, 3.05) is 26.7 Å². The summed E-state index contributed by atoms with van der Waals surface area (Å²) < 4.78 is 13.0. The zero-order chi connectivity index (χ0) is 16.2. The van der Waals surface area contributed by atoms with E-state index in [0.717, 1.165) is 32.5 Å². The number of carbonyl (C=O) groups excluding carboxylic acids is 1. The normalized spacial score (nSPS) is 17.4. The Morgan fingerprint density at radius 3 is 2.83 bits per heavy atom. The van der Waals surface area contributed by atoms with Gasteiger partial charge >= 0.3 is 0 Å². The predicted octanol–water partition coefficient (Wildman–Crippen LogP) is 1.90. The SMILES string of the molecule is CNCC1CCCN(C(=O)c2cnn(-c3ccc(F)cc3)n2)C1.Cl. The molecule has 1 unspecified atom stereocenters. The summed E-state index contributed by atoms with van der Waals surface area (Å²) in [5.41, 5.74) is 0.941. The van der Waals surface area contributed by atoms with Crippen molar-refractivity contribution in [2.24, 2.45) is 5.92 Å². The molecular formula is C16H21ClFN5O. The fraction of sp³-hybridized carbons (Fsp3) is 0.438. The lowest BCUT2D eigenvalue weighted by atomic mass is 9.98. The minimum atomic E-state index is -0.318. The maximum Gasteiger partial charge on any atom is 0.276 e. The van der Waals surface area contributed by atoms with E-state index in [9.17, 15) is 9.18 Å². The molecule has 0 saturated carbocycles. The van der Waals surface area contributed by atoms with E-state index in [1.54, 1.807) is 12.1 Å². The lowest BCUT2D eigenvalue weighted by Crippen LogP contribution is -2.42. The van der Waals surface area contributed by atoms with E-state index < -0.39 is 0 Å². The van der Waals surface area contributed by atoms with Gasteiger partial charge in [0.25, 0.3) is 5.91 Å². The van der Waals surface area contributed by atoms with Crippen LogP contribution in [0.4, 0.5) is 4.39 Å². The number of rotatable bonds is 4. The molecule has 6 nitrogen and oxygen atoms in total. The number of nitrogens with one attached hydrogen (secondary N) is 1. The third kappa shape index (κ3) is 4.10. The number of piperidine rings is 1. The monoisotopic (exact) mass is 353 g/mol. The van der Waals surface area contributed by atoms with Crippen molar-refractivity contribution in [3.63, 3.8) is 0 Å². The number of amides is 1. The predicted molar refractivity (Wildman–Crippen MR) is 91.1 cm³/mol. The molecule has 1 aromatic carbocycles. The number of carbonyl (C=O) groups is 1. The van der Waals surface area contributed by atoms with E-state index in [0.29, 0.717) is 17.3 Å².